The maximum Gasteiger partial charge on any atom is 0.204 e. The van der Waals surface area contributed by atoms with Crippen LogP contribution in [0.3, 0.4) is 0 Å². The molecule has 0 amide bonds. The van der Waals surface area contributed by atoms with Gasteiger partial charge in [0.15, 0.2) is 5.12 Å². The highest BCUT2D eigenvalue weighted by Crippen LogP contribution is 2.33. The molecule has 0 aliphatic heterocycles. The fraction of sp³-hybridized carbons (Fsp3) is 0.368. The van der Waals surface area contributed by atoms with Gasteiger partial charge >= 0.3 is 0 Å². The molecule has 0 atom stereocenters. The van der Waals surface area contributed by atoms with E-state index >= 15 is 0 Å². The molecule has 0 fully saturated rings. The Morgan fingerprint density at radius 1 is 1.31 bits per heavy atom. The smallest absolute Gasteiger partial charge is 0.204 e. The number of allylic oxidation sites excluding steroid dienone is 1. The van der Waals surface area contributed by atoms with Crippen LogP contribution in [-0.2, 0) is 24.1 Å². The Kier molecular flexibility index (Phi) is 5.88. The lowest BCUT2D eigenvalue weighted by atomic mass is 9.93. The van der Waals surface area contributed by atoms with Crippen LogP contribution in [0.15, 0.2) is 23.9 Å². The van der Waals surface area contributed by atoms with Crippen molar-refractivity contribution in [3.05, 3.63) is 50.7 Å². The summed E-state index contributed by atoms with van der Waals surface area (Å²) < 4.78 is 0. The van der Waals surface area contributed by atoms with Gasteiger partial charge in [-0.3, -0.25) is 14.6 Å². The number of ketones is 1. The number of fused-ring (bicyclic) bond motifs is 1. The van der Waals surface area contributed by atoms with Gasteiger partial charge in [-0.15, -0.1) is 11.3 Å². The van der Waals surface area contributed by atoms with Crippen LogP contribution < -0.4 is 0 Å². The van der Waals surface area contributed by atoms with Crippen LogP contribution in [-0.4, -0.2) is 31.7 Å². The van der Waals surface area contributed by atoms with Crippen molar-refractivity contribution in [2.75, 3.05) is 5.75 Å². The molecular weight excluding hydrogens is 368 g/mol. The first-order valence-corrected chi connectivity index (χ1v) is 10.4. The largest absolute Gasteiger partial charge is 0.507 e. The normalized spacial score (nSPS) is 15.7. The summed E-state index contributed by atoms with van der Waals surface area (Å²) in [6.45, 7) is 3.94. The van der Waals surface area contributed by atoms with E-state index in [2.05, 4.69) is 9.97 Å². The van der Waals surface area contributed by atoms with Gasteiger partial charge in [0, 0.05) is 23.0 Å². The van der Waals surface area contributed by atoms with Crippen LogP contribution in [0, 0.1) is 0 Å². The zero-order valence-corrected chi connectivity index (χ0v) is 16.4. The van der Waals surface area contributed by atoms with E-state index in [1.807, 2.05) is 19.9 Å². The average Bonchev–Trinajstić information content (AvgIpc) is 3.05. The molecule has 7 heteroatoms. The summed E-state index contributed by atoms with van der Waals surface area (Å²) in [7, 11) is 0. The molecule has 2 heterocycles. The number of hydrogen-bond acceptors (Lipinski definition) is 7. The molecule has 3 rings (SSSR count). The Hall–Kier alpha value is -1.99. The third kappa shape index (κ3) is 3.88. The van der Waals surface area contributed by atoms with Crippen LogP contribution in [0.5, 0.6) is 0 Å². The second-order valence-electron chi connectivity index (χ2n) is 5.91. The Morgan fingerprint density at radius 2 is 2.12 bits per heavy atom. The van der Waals surface area contributed by atoms with Crippen LogP contribution in [0.1, 0.15) is 51.9 Å². The first-order valence-electron chi connectivity index (χ1n) is 8.59. The topological polar surface area (TPSA) is 80.2 Å². The quantitative estimate of drug-likeness (QED) is 0.615. The lowest BCUT2D eigenvalue weighted by Crippen LogP contribution is -2.14. The number of Topliss-reactive ketones (excluding diaryl/α,β-unsaturated/α-hetero) is 1. The molecular formula is C19H20N2O3S2. The molecule has 2 aromatic heterocycles. The molecule has 0 bridgehead atoms. The maximum absolute atomic E-state index is 12.8. The van der Waals surface area contributed by atoms with Crippen LogP contribution in [0.2, 0.25) is 0 Å². The molecule has 136 valence electrons. The van der Waals surface area contributed by atoms with Gasteiger partial charge in [0.05, 0.1) is 17.0 Å². The Bertz CT molecular complexity index is 869. The summed E-state index contributed by atoms with van der Waals surface area (Å²) in [6, 6.07) is 3.64. The van der Waals surface area contributed by atoms with Crippen molar-refractivity contribution in [1.82, 2.24) is 9.97 Å². The first kappa shape index (κ1) is 18.8. The van der Waals surface area contributed by atoms with Gasteiger partial charge in [-0.2, -0.15) is 0 Å². The Balaban J connectivity index is 1.86. The molecule has 0 saturated heterocycles. The van der Waals surface area contributed by atoms with E-state index in [-0.39, 0.29) is 23.1 Å². The van der Waals surface area contributed by atoms with Gasteiger partial charge in [-0.05, 0) is 37.1 Å². The van der Waals surface area contributed by atoms with E-state index < -0.39 is 0 Å². The van der Waals surface area contributed by atoms with Gasteiger partial charge < -0.3 is 5.11 Å². The van der Waals surface area contributed by atoms with Crippen molar-refractivity contribution in [2.24, 2.45) is 0 Å². The Labute approximate surface area is 160 Å². The van der Waals surface area contributed by atoms with Gasteiger partial charge in [0.2, 0.25) is 5.78 Å². The number of carbonyl (C=O) groups excluding carboxylic acids is 2. The van der Waals surface area contributed by atoms with E-state index in [0.29, 0.717) is 33.9 Å². The summed E-state index contributed by atoms with van der Waals surface area (Å²) in [4.78, 5) is 33.9. The molecule has 0 unspecified atom stereocenters. The summed E-state index contributed by atoms with van der Waals surface area (Å²) in [5.41, 5.74) is 2.62. The minimum atomic E-state index is -0.192. The van der Waals surface area contributed by atoms with Crippen molar-refractivity contribution >= 4 is 39.8 Å². The molecule has 26 heavy (non-hydrogen) atoms. The van der Waals surface area contributed by atoms with Crippen molar-refractivity contribution < 1.29 is 14.7 Å². The molecule has 0 saturated carbocycles. The lowest BCUT2D eigenvalue weighted by Gasteiger charge is -2.14. The second-order valence-corrected chi connectivity index (χ2v) is 8.32. The number of aliphatic hydroxyl groups excluding tert-OH is 1. The second kappa shape index (κ2) is 8.14. The summed E-state index contributed by atoms with van der Waals surface area (Å²) in [5, 5.41) is 11.3. The third-order valence-corrected chi connectivity index (χ3v) is 6.03. The fourth-order valence-electron chi connectivity index (χ4n) is 2.83. The monoisotopic (exact) mass is 388 g/mol. The van der Waals surface area contributed by atoms with E-state index in [0.717, 1.165) is 23.6 Å². The summed E-state index contributed by atoms with van der Waals surface area (Å²) in [5.74, 6) is 0.528. The van der Waals surface area contributed by atoms with Crippen molar-refractivity contribution in [3.8, 4) is 0 Å². The zero-order valence-electron chi connectivity index (χ0n) is 14.7. The van der Waals surface area contributed by atoms with Crippen molar-refractivity contribution in [3.63, 3.8) is 0 Å². The highest BCUT2D eigenvalue weighted by atomic mass is 32.2. The number of hydrogen-bond donors (Lipinski definition) is 1. The molecule has 1 N–H and O–H groups in total. The minimum Gasteiger partial charge on any atom is -0.507 e. The number of thioether (sulfide) groups is 1. The van der Waals surface area contributed by atoms with Gasteiger partial charge in [0.25, 0.3) is 0 Å². The number of carbonyl (C=O) groups is 2. The summed E-state index contributed by atoms with van der Waals surface area (Å²) >= 11 is 2.53. The highest BCUT2D eigenvalue weighted by molar-refractivity contribution is 8.13. The van der Waals surface area contributed by atoms with Crippen molar-refractivity contribution in [1.29, 1.82) is 0 Å². The highest BCUT2D eigenvalue weighted by Gasteiger charge is 2.29. The predicted molar refractivity (Wildman–Crippen MR) is 105 cm³/mol. The van der Waals surface area contributed by atoms with Gasteiger partial charge in [-0.25, -0.2) is 4.98 Å². The maximum atomic E-state index is 12.8. The van der Waals surface area contributed by atoms with E-state index in [9.17, 15) is 14.7 Å². The van der Waals surface area contributed by atoms with Gasteiger partial charge in [-0.1, -0.05) is 25.6 Å². The molecule has 2 aromatic rings. The van der Waals surface area contributed by atoms with Crippen LogP contribution in [0.4, 0.5) is 0 Å². The van der Waals surface area contributed by atoms with E-state index in [1.165, 1.54) is 23.1 Å². The average molecular weight is 389 g/mol. The number of aliphatic hydroxyl groups is 1. The number of pyridine rings is 1. The molecule has 1 aliphatic carbocycles. The van der Waals surface area contributed by atoms with Crippen molar-refractivity contribution in [2.45, 2.75) is 39.5 Å². The molecule has 0 aromatic carbocycles. The van der Waals surface area contributed by atoms with Crippen LogP contribution in [0.25, 0.3) is 5.76 Å². The lowest BCUT2D eigenvalue weighted by molar-refractivity contribution is -0.110. The summed E-state index contributed by atoms with van der Waals surface area (Å²) in [6.07, 6.45) is 3.69. The molecule has 5 nitrogen and oxygen atoms in total. The molecule has 0 radical (unpaired) electrons. The zero-order chi connectivity index (χ0) is 18.7. The number of thiazole rings is 1. The third-order valence-electron chi connectivity index (χ3n) is 4.18. The fourth-order valence-corrected chi connectivity index (χ4v) is 4.55. The predicted octanol–water partition coefficient (Wildman–Crippen LogP) is 4.02. The standard InChI is InChI=1S/C19H20N2O3S2/c1-3-12-6-5-11(10-20-12)17(23)13-7-8-14-19(18(13)24)26-15(21-14)9-16(22)25-4-2/h5-6,10,23H,3-4,7-9H2,1-2H3. The SMILES string of the molecule is CCSC(=O)Cc1nc2c(s1)C(=O)C(=C(O)c1ccc(CC)nc1)CC2. The minimum absolute atomic E-state index is 0.0108. The van der Waals surface area contributed by atoms with E-state index in [1.54, 1.807) is 12.3 Å². The number of aromatic nitrogens is 2. The van der Waals surface area contributed by atoms with Crippen LogP contribution >= 0.6 is 23.1 Å². The number of nitrogens with zero attached hydrogens (tertiary/aromatic N) is 2. The molecule has 0 spiro atoms. The van der Waals surface area contributed by atoms with E-state index in [4.69, 9.17) is 0 Å². The first-order chi connectivity index (χ1) is 12.5. The van der Waals surface area contributed by atoms with Gasteiger partial charge in [0.1, 0.15) is 10.8 Å². The Morgan fingerprint density at radius 3 is 2.77 bits per heavy atom. The molecule has 1 aliphatic rings. The number of rotatable bonds is 5. The number of aryl methyl sites for hydroxylation is 2.